The van der Waals surface area contributed by atoms with Gasteiger partial charge < -0.3 is 10.5 Å². The van der Waals surface area contributed by atoms with E-state index in [1.165, 1.54) is 24.1 Å². The Labute approximate surface area is 115 Å². The summed E-state index contributed by atoms with van der Waals surface area (Å²) in [6, 6.07) is 8.80. The summed E-state index contributed by atoms with van der Waals surface area (Å²) < 4.78 is 5.31. The summed E-state index contributed by atoms with van der Waals surface area (Å²) in [7, 11) is 1.80. The van der Waals surface area contributed by atoms with E-state index < -0.39 is 0 Å². The molecule has 1 aliphatic carbocycles. The summed E-state index contributed by atoms with van der Waals surface area (Å²) in [5.41, 5.74) is 9.31. The lowest BCUT2D eigenvalue weighted by atomic mass is 9.93. The van der Waals surface area contributed by atoms with E-state index in [0.717, 1.165) is 32.5 Å². The zero-order chi connectivity index (χ0) is 13.3. The van der Waals surface area contributed by atoms with Gasteiger partial charge in [0, 0.05) is 25.7 Å². The van der Waals surface area contributed by atoms with E-state index in [0.29, 0.717) is 5.92 Å². The van der Waals surface area contributed by atoms with Crippen LogP contribution in [0, 0.1) is 5.92 Å². The van der Waals surface area contributed by atoms with Gasteiger partial charge in [0.2, 0.25) is 0 Å². The van der Waals surface area contributed by atoms with Gasteiger partial charge in [0.1, 0.15) is 0 Å². The summed E-state index contributed by atoms with van der Waals surface area (Å²) in [4.78, 5) is 2.62. The highest BCUT2D eigenvalue weighted by Gasteiger charge is 2.43. The van der Waals surface area contributed by atoms with Crippen LogP contribution in [0.1, 0.15) is 17.5 Å². The largest absolute Gasteiger partial charge is 0.384 e. The van der Waals surface area contributed by atoms with Crippen molar-refractivity contribution in [3.8, 4) is 0 Å². The molecule has 2 N–H and O–H groups in total. The van der Waals surface area contributed by atoms with Crippen LogP contribution < -0.4 is 5.73 Å². The standard InChI is InChI=1S/C16H24N2O/c1-19-11-13-6-7-18(10-13)16(12-17)8-14-4-2-3-5-15(14)9-16/h2-5,13H,6-12,17H2,1H3. The topological polar surface area (TPSA) is 38.5 Å². The molecule has 1 aliphatic heterocycles. The molecule has 2 aliphatic rings. The normalized spacial score (nSPS) is 25.7. The fourth-order valence-corrected chi connectivity index (χ4v) is 3.81. The fraction of sp³-hybridized carbons (Fsp3) is 0.625. The van der Waals surface area contributed by atoms with E-state index >= 15 is 0 Å². The Morgan fingerprint density at radius 3 is 2.58 bits per heavy atom. The van der Waals surface area contributed by atoms with Gasteiger partial charge in [-0.1, -0.05) is 24.3 Å². The number of nitrogens with zero attached hydrogens (tertiary/aromatic N) is 1. The minimum absolute atomic E-state index is 0.159. The van der Waals surface area contributed by atoms with Gasteiger partial charge in [-0.2, -0.15) is 0 Å². The van der Waals surface area contributed by atoms with Crippen LogP contribution in [0.4, 0.5) is 0 Å². The van der Waals surface area contributed by atoms with E-state index in [1.807, 2.05) is 0 Å². The van der Waals surface area contributed by atoms with Crippen LogP contribution in [0.15, 0.2) is 24.3 Å². The number of benzene rings is 1. The SMILES string of the molecule is COCC1CCN(C2(CN)Cc3ccccc3C2)C1. The number of hydrogen-bond acceptors (Lipinski definition) is 3. The highest BCUT2D eigenvalue weighted by atomic mass is 16.5. The van der Waals surface area contributed by atoms with Crippen molar-refractivity contribution in [3.63, 3.8) is 0 Å². The highest BCUT2D eigenvalue weighted by Crippen LogP contribution is 2.37. The van der Waals surface area contributed by atoms with Crippen molar-refractivity contribution in [3.05, 3.63) is 35.4 Å². The molecule has 19 heavy (non-hydrogen) atoms. The smallest absolute Gasteiger partial charge is 0.0503 e. The second kappa shape index (κ2) is 5.23. The third-order valence-electron chi connectivity index (χ3n) is 4.90. The van der Waals surface area contributed by atoms with Crippen LogP contribution in [0.25, 0.3) is 0 Å². The molecule has 104 valence electrons. The van der Waals surface area contributed by atoms with Crippen LogP contribution in [-0.2, 0) is 17.6 Å². The van der Waals surface area contributed by atoms with Crippen LogP contribution in [0.5, 0.6) is 0 Å². The molecule has 0 amide bonds. The van der Waals surface area contributed by atoms with E-state index in [-0.39, 0.29) is 5.54 Å². The third-order valence-corrected chi connectivity index (χ3v) is 4.90. The van der Waals surface area contributed by atoms with Gasteiger partial charge in [-0.3, -0.25) is 4.90 Å². The minimum Gasteiger partial charge on any atom is -0.384 e. The number of likely N-dealkylation sites (tertiary alicyclic amines) is 1. The molecule has 0 bridgehead atoms. The molecular formula is C16H24N2O. The quantitative estimate of drug-likeness (QED) is 0.890. The van der Waals surface area contributed by atoms with Crippen molar-refractivity contribution in [2.45, 2.75) is 24.8 Å². The molecule has 1 unspecified atom stereocenters. The number of nitrogens with two attached hydrogens (primary N) is 1. The zero-order valence-corrected chi connectivity index (χ0v) is 11.8. The molecule has 1 atom stereocenters. The first-order chi connectivity index (χ1) is 9.27. The number of fused-ring (bicyclic) bond motifs is 1. The van der Waals surface area contributed by atoms with Crippen LogP contribution in [0.2, 0.25) is 0 Å². The van der Waals surface area contributed by atoms with E-state index in [1.54, 1.807) is 7.11 Å². The monoisotopic (exact) mass is 260 g/mol. The first kappa shape index (κ1) is 13.1. The van der Waals surface area contributed by atoms with Gasteiger partial charge in [0.25, 0.3) is 0 Å². The van der Waals surface area contributed by atoms with Gasteiger partial charge in [0.15, 0.2) is 0 Å². The maximum absolute atomic E-state index is 6.17. The van der Waals surface area contributed by atoms with Crippen molar-refractivity contribution >= 4 is 0 Å². The van der Waals surface area contributed by atoms with Crippen molar-refractivity contribution in [1.29, 1.82) is 0 Å². The van der Waals surface area contributed by atoms with Crippen molar-refractivity contribution in [2.24, 2.45) is 11.7 Å². The lowest BCUT2D eigenvalue weighted by Gasteiger charge is -2.38. The Bertz CT molecular complexity index is 421. The lowest BCUT2D eigenvalue weighted by molar-refractivity contribution is 0.110. The molecule has 1 heterocycles. The van der Waals surface area contributed by atoms with E-state index in [9.17, 15) is 0 Å². The molecule has 0 saturated carbocycles. The molecule has 1 aromatic carbocycles. The summed E-state index contributed by atoms with van der Waals surface area (Å²) >= 11 is 0. The second-order valence-corrected chi connectivity index (χ2v) is 6.11. The average molecular weight is 260 g/mol. The maximum atomic E-state index is 6.17. The Balaban J connectivity index is 1.76. The summed E-state index contributed by atoms with van der Waals surface area (Å²) in [6.07, 6.45) is 3.46. The van der Waals surface area contributed by atoms with Gasteiger partial charge in [-0.05, 0) is 42.9 Å². The third kappa shape index (κ3) is 2.31. The van der Waals surface area contributed by atoms with Crippen LogP contribution in [-0.4, -0.2) is 43.8 Å². The Hall–Kier alpha value is -0.900. The number of methoxy groups -OCH3 is 1. The fourth-order valence-electron chi connectivity index (χ4n) is 3.81. The Morgan fingerprint density at radius 1 is 1.32 bits per heavy atom. The first-order valence-electron chi connectivity index (χ1n) is 7.28. The van der Waals surface area contributed by atoms with E-state index in [2.05, 4.69) is 29.2 Å². The Morgan fingerprint density at radius 2 is 2.00 bits per heavy atom. The van der Waals surface area contributed by atoms with Gasteiger partial charge >= 0.3 is 0 Å². The van der Waals surface area contributed by atoms with Crippen LogP contribution >= 0.6 is 0 Å². The lowest BCUT2D eigenvalue weighted by Crippen LogP contribution is -2.54. The molecule has 1 fully saturated rings. The molecule has 3 nitrogen and oxygen atoms in total. The molecule has 3 rings (SSSR count). The van der Waals surface area contributed by atoms with Crippen molar-refractivity contribution < 1.29 is 4.74 Å². The molecular weight excluding hydrogens is 236 g/mol. The molecule has 0 aromatic heterocycles. The zero-order valence-electron chi connectivity index (χ0n) is 11.8. The van der Waals surface area contributed by atoms with Gasteiger partial charge in [0.05, 0.1) is 6.61 Å². The highest BCUT2D eigenvalue weighted by molar-refractivity contribution is 5.36. The molecule has 3 heteroatoms. The van der Waals surface area contributed by atoms with Gasteiger partial charge in [-0.25, -0.2) is 0 Å². The van der Waals surface area contributed by atoms with Crippen LogP contribution in [0.3, 0.4) is 0 Å². The predicted molar refractivity (Wildman–Crippen MR) is 77.2 cm³/mol. The molecule has 1 aromatic rings. The minimum atomic E-state index is 0.159. The number of rotatable bonds is 4. The van der Waals surface area contributed by atoms with Gasteiger partial charge in [-0.15, -0.1) is 0 Å². The molecule has 0 radical (unpaired) electrons. The maximum Gasteiger partial charge on any atom is 0.0503 e. The van der Waals surface area contributed by atoms with E-state index in [4.69, 9.17) is 10.5 Å². The second-order valence-electron chi connectivity index (χ2n) is 6.11. The first-order valence-corrected chi connectivity index (χ1v) is 7.28. The summed E-state index contributed by atoms with van der Waals surface area (Å²) in [5, 5.41) is 0. The molecule has 1 saturated heterocycles. The Kier molecular flexibility index (Phi) is 3.61. The number of ether oxygens (including phenoxy) is 1. The summed E-state index contributed by atoms with van der Waals surface area (Å²) in [5.74, 6) is 0.678. The molecule has 0 spiro atoms. The summed E-state index contributed by atoms with van der Waals surface area (Å²) in [6.45, 7) is 3.93. The van der Waals surface area contributed by atoms with Crippen molar-refractivity contribution in [1.82, 2.24) is 4.90 Å². The average Bonchev–Trinajstić information content (AvgIpc) is 3.03. The predicted octanol–water partition coefficient (Wildman–Crippen LogP) is 1.45. The van der Waals surface area contributed by atoms with Crippen molar-refractivity contribution in [2.75, 3.05) is 33.4 Å². The number of hydrogen-bond donors (Lipinski definition) is 1.